The Labute approximate surface area is 71.7 Å². The van der Waals surface area contributed by atoms with Gasteiger partial charge in [-0.2, -0.15) is 0 Å². The first kappa shape index (κ1) is 10.8. The van der Waals surface area contributed by atoms with E-state index in [9.17, 15) is 0 Å². The predicted molar refractivity (Wildman–Crippen MR) is 37.5 cm³/mol. The number of thiophene rings is 1. The zero-order valence-electron chi connectivity index (χ0n) is 2.64. The summed E-state index contributed by atoms with van der Waals surface area (Å²) in [5.74, 6) is 0. The molecular formula is C4H5Li2S. The Morgan fingerprint density at radius 3 is 2.14 bits per heavy atom. The molecule has 0 aliphatic rings. The molecule has 0 aromatic carbocycles. The number of rotatable bonds is 0. The van der Waals surface area contributed by atoms with Crippen molar-refractivity contribution in [1.29, 1.82) is 0 Å². The molecule has 0 spiro atoms. The molecule has 0 atom stereocenters. The maximum Gasteiger partial charge on any atom is 0.0442 e. The quantitative estimate of drug-likeness (QED) is 0.409. The van der Waals surface area contributed by atoms with E-state index >= 15 is 0 Å². The van der Waals surface area contributed by atoms with Crippen molar-refractivity contribution in [1.82, 2.24) is 0 Å². The second-order valence-corrected chi connectivity index (χ2v) is 1.47. The van der Waals surface area contributed by atoms with E-state index in [1.165, 1.54) is 0 Å². The van der Waals surface area contributed by atoms with Gasteiger partial charge in [0.05, 0.1) is 0 Å². The fourth-order valence-electron chi connectivity index (χ4n) is 0.196. The van der Waals surface area contributed by atoms with E-state index < -0.39 is 0 Å². The normalized spacial score (nSPS) is 5.71. The molecule has 0 fully saturated rings. The Kier molecular flexibility index (Phi) is 10.6. The molecule has 0 aliphatic heterocycles. The van der Waals surface area contributed by atoms with Crippen LogP contribution in [-0.4, -0.2) is 37.7 Å². The van der Waals surface area contributed by atoms with Crippen LogP contribution in [0, 0.1) is 5.38 Å². The summed E-state index contributed by atoms with van der Waals surface area (Å²) >= 11 is 1.59. The second-order valence-electron chi connectivity index (χ2n) is 0.731. The van der Waals surface area contributed by atoms with E-state index in [1.807, 2.05) is 17.5 Å². The molecule has 1 rings (SSSR count). The fraction of sp³-hybridized carbons (Fsp3) is 0. The minimum absolute atomic E-state index is 0. The first-order valence-corrected chi connectivity index (χ1v) is 2.27. The van der Waals surface area contributed by atoms with Crippen LogP contribution in [0.2, 0.25) is 0 Å². The van der Waals surface area contributed by atoms with Crippen LogP contribution in [0.15, 0.2) is 17.5 Å². The van der Waals surface area contributed by atoms with E-state index in [0.29, 0.717) is 0 Å². The molecule has 29 valence electrons. The average Bonchev–Trinajstić information content (AvgIpc) is 1.76. The van der Waals surface area contributed by atoms with Gasteiger partial charge in [0.1, 0.15) is 0 Å². The third-order valence-corrected chi connectivity index (χ3v) is 0.944. The molecule has 0 saturated carbocycles. The summed E-state index contributed by atoms with van der Waals surface area (Å²) in [5, 5.41) is 4.89. The van der Waals surface area contributed by atoms with E-state index in [4.69, 9.17) is 0 Å². The van der Waals surface area contributed by atoms with Crippen molar-refractivity contribution in [3.05, 3.63) is 22.9 Å². The van der Waals surface area contributed by atoms with Crippen LogP contribution in [0.3, 0.4) is 0 Å². The Balaban J connectivity index is 0. The van der Waals surface area contributed by atoms with Gasteiger partial charge >= 0.3 is 37.7 Å². The molecule has 7 heavy (non-hydrogen) atoms. The zero-order valence-corrected chi connectivity index (χ0v) is 3.46. The van der Waals surface area contributed by atoms with Crippen molar-refractivity contribution in [3.63, 3.8) is 0 Å². The summed E-state index contributed by atoms with van der Waals surface area (Å²) in [6, 6.07) is 3.86. The molecule has 0 nitrogen and oxygen atoms in total. The predicted octanol–water partition coefficient (Wildman–Crippen LogP) is 0.251. The maximum absolute atomic E-state index is 2.90. The Morgan fingerprint density at radius 1 is 1.29 bits per heavy atom. The Morgan fingerprint density at radius 2 is 2.00 bits per heavy atom. The van der Waals surface area contributed by atoms with Gasteiger partial charge < -0.3 is 0 Å². The molecule has 1 heterocycles. The molecule has 1 radical (unpaired) electrons. The number of hydrogen-bond donors (Lipinski definition) is 0. The summed E-state index contributed by atoms with van der Waals surface area (Å²) in [5.41, 5.74) is 0. The van der Waals surface area contributed by atoms with Crippen molar-refractivity contribution in [2.24, 2.45) is 0 Å². The second kappa shape index (κ2) is 6.89. The third kappa shape index (κ3) is 4.75. The van der Waals surface area contributed by atoms with Gasteiger partial charge in [0, 0.05) is 5.38 Å². The SMILES string of the molecule is [LiH].[LiH].[c]1cccs1. The van der Waals surface area contributed by atoms with Crippen molar-refractivity contribution < 1.29 is 0 Å². The largest absolute Gasteiger partial charge is 0.143 e. The molecule has 0 amide bonds. The summed E-state index contributed by atoms with van der Waals surface area (Å²) in [7, 11) is 0. The monoisotopic (exact) mass is 99.0 g/mol. The van der Waals surface area contributed by atoms with Crippen LogP contribution in [0.1, 0.15) is 0 Å². The summed E-state index contributed by atoms with van der Waals surface area (Å²) in [4.78, 5) is 0. The summed E-state index contributed by atoms with van der Waals surface area (Å²) in [6.07, 6.45) is 0. The van der Waals surface area contributed by atoms with Crippen LogP contribution in [0.25, 0.3) is 0 Å². The van der Waals surface area contributed by atoms with Crippen LogP contribution >= 0.6 is 11.3 Å². The maximum atomic E-state index is 2.90. The van der Waals surface area contributed by atoms with Crippen molar-refractivity contribution in [2.45, 2.75) is 0 Å². The van der Waals surface area contributed by atoms with Crippen LogP contribution in [0.4, 0.5) is 0 Å². The van der Waals surface area contributed by atoms with Gasteiger partial charge in [-0.3, -0.25) is 0 Å². The van der Waals surface area contributed by atoms with Crippen molar-refractivity contribution in [3.8, 4) is 0 Å². The molecule has 0 bridgehead atoms. The van der Waals surface area contributed by atoms with Gasteiger partial charge in [-0.05, 0) is 11.4 Å². The Bertz CT molecular complexity index is 66.2. The van der Waals surface area contributed by atoms with E-state index in [-0.39, 0.29) is 37.7 Å². The van der Waals surface area contributed by atoms with Crippen molar-refractivity contribution in [2.75, 3.05) is 0 Å². The van der Waals surface area contributed by atoms with E-state index in [2.05, 4.69) is 5.38 Å². The van der Waals surface area contributed by atoms with Gasteiger partial charge in [0.15, 0.2) is 0 Å². The zero-order chi connectivity index (χ0) is 3.54. The fourth-order valence-corrected chi connectivity index (χ4v) is 0.589. The molecule has 3 heteroatoms. The summed E-state index contributed by atoms with van der Waals surface area (Å²) < 4.78 is 0. The van der Waals surface area contributed by atoms with E-state index in [1.54, 1.807) is 11.3 Å². The van der Waals surface area contributed by atoms with Crippen LogP contribution in [0.5, 0.6) is 0 Å². The van der Waals surface area contributed by atoms with Gasteiger partial charge in [0.25, 0.3) is 0 Å². The molecule has 0 unspecified atom stereocenters. The first-order chi connectivity index (χ1) is 2.50. The topological polar surface area (TPSA) is 0 Å². The minimum Gasteiger partial charge on any atom is -0.143 e. The molecular weight excluding hydrogens is 94.0 g/mol. The molecule has 0 aliphatic carbocycles. The van der Waals surface area contributed by atoms with E-state index in [0.717, 1.165) is 0 Å². The minimum atomic E-state index is 0. The average molecular weight is 99.0 g/mol. The van der Waals surface area contributed by atoms with Crippen LogP contribution in [-0.2, 0) is 0 Å². The number of hydrogen-bond acceptors (Lipinski definition) is 1. The first-order valence-electron chi connectivity index (χ1n) is 1.40. The molecule has 0 saturated heterocycles. The summed E-state index contributed by atoms with van der Waals surface area (Å²) in [6.45, 7) is 0. The van der Waals surface area contributed by atoms with Gasteiger partial charge in [-0.25, -0.2) is 0 Å². The van der Waals surface area contributed by atoms with Gasteiger partial charge in [-0.15, -0.1) is 11.3 Å². The Hall–Kier alpha value is 0.895. The standard InChI is InChI=1S/C4H3S.2Li.2H/c1-2-4-5-3-1;;;;/h1-3H;;;;. The smallest absolute Gasteiger partial charge is 0.0442 e. The molecule has 1 aromatic rings. The van der Waals surface area contributed by atoms with Gasteiger partial charge in [0.2, 0.25) is 0 Å². The van der Waals surface area contributed by atoms with Crippen LogP contribution < -0.4 is 0 Å². The third-order valence-electron chi connectivity index (χ3n) is 0.379. The van der Waals surface area contributed by atoms with Crippen molar-refractivity contribution >= 4 is 49.1 Å². The molecule has 0 N–H and O–H groups in total. The van der Waals surface area contributed by atoms with Gasteiger partial charge in [-0.1, -0.05) is 6.07 Å². The molecule has 1 aromatic heterocycles.